The Hall–Kier alpha value is -2.09. The fraction of sp³-hybridized carbons (Fsp3) is 0.529. The predicted octanol–water partition coefficient (Wildman–Crippen LogP) is 2.54. The van der Waals surface area contributed by atoms with Crippen molar-refractivity contribution in [1.82, 2.24) is 0 Å². The molecular formula is C17H21F3N2O3. The van der Waals surface area contributed by atoms with Gasteiger partial charge in [0.1, 0.15) is 5.97 Å². The smallest absolute Gasteiger partial charge is 0.430 e. The Bertz CT molecular complexity index is 611. The number of carbonyl (C=O) groups excluding carboxylic acids is 2. The van der Waals surface area contributed by atoms with Crippen LogP contribution < -0.4 is 10.4 Å². The second-order valence-electron chi connectivity index (χ2n) is 6.59. The van der Waals surface area contributed by atoms with E-state index in [9.17, 15) is 18.0 Å². The molecule has 0 spiro atoms. The Morgan fingerprint density at radius 1 is 1.16 bits per heavy atom. The van der Waals surface area contributed by atoms with Crippen LogP contribution in [-0.2, 0) is 4.79 Å². The number of urea groups is 1. The minimum absolute atomic E-state index is 0.187. The summed E-state index contributed by atoms with van der Waals surface area (Å²) in [4.78, 5) is 21.4. The summed E-state index contributed by atoms with van der Waals surface area (Å²) in [6, 6.07) is 10.5. The first-order valence-corrected chi connectivity index (χ1v) is 8.16. The number of rotatable bonds is 1. The molecule has 8 heteroatoms. The van der Waals surface area contributed by atoms with Crippen molar-refractivity contribution in [2.45, 2.75) is 38.4 Å². The van der Waals surface area contributed by atoms with E-state index in [4.69, 9.17) is 9.90 Å². The summed E-state index contributed by atoms with van der Waals surface area (Å²) < 4.78 is 32.2. The molecule has 25 heavy (non-hydrogen) atoms. The quantitative estimate of drug-likeness (QED) is 0.785. The van der Waals surface area contributed by atoms with Crippen LogP contribution in [0.25, 0.3) is 0 Å². The van der Waals surface area contributed by atoms with Crippen molar-refractivity contribution < 1.29 is 32.3 Å². The van der Waals surface area contributed by atoms with Gasteiger partial charge in [-0.05, 0) is 25.0 Å². The Labute approximate surface area is 144 Å². The van der Waals surface area contributed by atoms with Gasteiger partial charge in [0, 0.05) is 24.9 Å². The first kappa shape index (κ1) is 19.2. The Morgan fingerprint density at radius 2 is 1.68 bits per heavy atom. The van der Waals surface area contributed by atoms with Gasteiger partial charge >= 0.3 is 12.2 Å². The number of halogens is 3. The predicted molar refractivity (Wildman–Crippen MR) is 83.3 cm³/mol. The molecule has 3 heterocycles. The number of hydrogen-bond donors (Lipinski definition) is 1. The highest BCUT2D eigenvalue weighted by atomic mass is 19.4. The standard InChI is InChI=1S/C15H20N2O.C2HF3O2/c1-12-11-13-7-9-17(12,10-8-13)15(18)16-14-5-3-2-4-6-14;3-2(4,5)1(6)7/h2-6,12-13H,7-11H2,1H3;(H,6,7). The first-order valence-electron chi connectivity index (χ1n) is 8.16. The van der Waals surface area contributed by atoms with Gasteiger partial charge in [-0.2, -0.15) is 13.2 Å². The third-order valence-electron chi connectivity index (χ3n) is 5.05. The molecule has 2 amide bonds. The zero-order valence-electron chi connectivity index (χ0n) is 13.9. The number of fused-ring (bicyclic) bond motifs is 3. The number of alkyl halides is 3. The van der Waals surface area contributed by atoms with Gasteiger partial charge in [0.15, 0.2) is 0 Å². The number of nitrogens with zero attached hydrogens (tertiary/aromatic N) is 1. The van der Waals surface area contributed by atoms with Crippen LogP contribution in [0, 0.1) is 5.92 Å². The summed E-state index contributed by atoms with van der Waals surface area (Å²) in [7, 11) is 0. The molecule has 3 saturated heterocycles. The van der Waals surface area contributed by atoms with E-state index in [0.717, 1.165) is 24.7 Å². The lowest BCUT2D eigenvalue weighted by molar-refractivity contribution is -0.889. The van der Waals surface area contributed by atoms with Gasteiger partial charge in [-0.15, -0.1) is 0 Å². The maximum atomic E-state index is 12.6. The number of quaternary nitrogens is 1. The third-order valence-corrected chi connectivity index (χ3v) is 5.05. The highest BCUT2D eigenvalue weighted by molar-refractivity contribution is 5.84. The van der Waals surface area contributed by atoms with E-state index in [2.05, 4.69) is 12.2 Å². The summed E-state index contributed by atoms with van der Waals surface area (Å²) in [5.41, 5.74) is 0.912. The van der Waals surface area contributed by atoms with Crippen molar-refractivity contribution in [2.75, 3.05) is 18.4 Å². The molecular weight excluding hydrogens is 337 g/mol. The van der Waals surface area contributed by atoms with E-state index in [-0.39, 0.29) is 6.03 Å². The van der Waals surface area contributed by atoms with Crippen LogP contribution in [0.5, 0.6) is 0 Å². The van der Waals surface area contributed by atoms with Crippen molar-refractivity contribution in [2.24, 2.45) is 5.92 Å². The van der Waals surface area contributed by atoms with Gasteiger partial charge in [-0.25, -0.2) is 9.28 Å². The van der Waals surface area contributed by atoms with Crippen molar-refractivity contribution in [3.8, 4) is 0 Å². The van der Waals surface area contributed by atoms with Crippen LogP contribution in [0.4, 0.5) is 23.7 Å². The average molecular weight is 358 g/mol. The number of benzene rings is 1. The molecule has 3 aliphatic rings. The maximum Gasteiger partial charge on any atom is 0.430 e. The summed E-state index contributed by atoms with van der Waals surface area (Å²) in [6.07, 6.45) is -1.55. The summed E-state index contributed by atoms with van der Waals surface area (Å²) in [6.45, 7) is 4.27. The molecule has 3 fully saturated rings. The Balaban J connectivity index is 0.000000277. The average Bonchev–Trinajstić information content (AvgIpc) is 2.56. The molecule has 1 N–H and O–H groups in total. The summed E-state index contributed by atoms with van der Waals surface area (Å²) in [5.74, 6) is -2.14. The molecule has 1 unspecified atom stereocenters. The lowest BCUT2D eigenvalue weighted by atomic mass is 9.81. The minimum Gasteiger partial charge on any atom is -0.542 e. The lowest BCUT2D eigenvalue weighted by Gasteiger charge is -2.50. The fourth-order valence-electron chi connectivity index (χ4n) is 3.60. The van der Waals surface area contributed by atoms with Gasteiger partial charge in [-0.3, -0.25) is 5.32 Å². The normalized spacial score (nSPS) is 27.8. The van der Waals surface area contributed by atoms with Crippen LogP contribution in [-0.4, -0.2) is 41.8 Å². The van der Waals surface area contributed by atoms with Crippen molar-refractivity contribution in [3.63, 3.8) is 0 Å². The Kier molecular flexibility index (Phi) is 5.72. The minimum atomic E-state index is -5.19. The SMILES string of the molecule is CC1CC2CC[N+]1(C(=O)Nc1ccccc1)CC2.O=C([O-])C(F)(F)F. The molecule has 0 radical (unpaired) electrons. The van der Waals surface area contributed by atoms with E-state index >= 15 is 0 Å². The Morgan fingerprint density at radius 3 is 2.12 bits per heavy atom. The van der Waals surface area contributed by atoms with E-state index in [1.165, 1.54) is 19.3 Å². The number of aliphatic carboxylic acids is 1. The molecule has 1 aromatic carbocycles. The van der Waals surface area contributed by atoms with E-state index < -0.39 is 12.1 Å². The largest absolute Gasteiger partial charge is 0.542 e. The molecule has 0 aromatic heterocycles. The molecule has 1 atom stereocenters. The van der Waals surface area contributed by atoms with Crippen LogP contribution in [0.3, 0.4) is 0 Å². The third kappa shape index (κ3) is 4.50. The maximum absolute atomic E-state index is 12.6. The van der Waals surface area contributed by atoms with Crippen LogP contribution in [0.2, 0.25) is 0 Å². The molecule has 5 nitrogen and oxygen atoms in total. The van der Waals surface area contributed by atoms with E-state index in [1.807, 2.05) is 30.3 Å². The van der Waals surface area contributed by atoms with Gasteiger partial charge in [-0.1, -0.05) is 18.2 Å². The number of carboxylic acids is 1. The highest BCUT2D eigenvalue weighted by Gasteiger charge is 2.50. The molecule has 2 bridgehead atoms. The van der Waals surface area contributed by atoms with Gasteiger partial charge in [0.2, 0.25) is 0 Å². The zero-order chi connectivity index (χ0) is 18.7. The van der Waals surface area contributed by atoms with Crippen LogP contribution in [0.1, 0.15) is 26.2 Å². The lowest BCUT2D eigenvalue weighted by Crippen LogP contribution is -2.67. The zero-order valence-corrected chi connectivity index (χ0v) is 13.9. The first-order chi connectivity index (χ1) is 11.6. The molecule has 138 valence electrons. The van der Waals surface area contributed by atoms with Gasteiger partial charge in [0.05, 0.1) is 19.1 Å². The number of anilines is 1. The van der Waals surface area contributed by atoms with Gasteiger partial charge in [0.25, 0.3) is 0 Å². The molecule has 1 aromatic rings. The number of carbonyl (C=O) groups is 2. The topological polar surface area (TPSA) is 69.2 Å². The van der Waals surface area contributed by atoms with Crippen molar-refractivity contribution >= 4 is 17.7 Å². The molecule has 3 aliphatic heterocycles. The second kappa shape index (κ2) is 7.43. The molecule has 0 aliphatic carbocycles. The van der Waals surface area contributed by atoms with Crippen molar-refractivity contribution in [3.05, 3.63) is 30.3 Å². The highest BCUT2D eigenvalue weighted by Crippen LogP contribution is 2.38. The number of piperidine rings is 3. The number of amides is 2. The fourth-order valence-corrected chi connectivity index (χ4v) is 3.60. The van der Waals surface area contributed by atoms with Gasteiger partial charge < -0.3 is 9.90 Å². The number of hydrogen-bond acceptors (Lipinski definition) is 3. The van der Waals surface area contributed by atoms with Crippen LogP contribution >= 0.6 is 0 Å². The summed E-state index contributed by atoms with van der Waals surface area (Å²) >= 11 is 0. The number of carboxylic acid groups (broad SMARTS) is 1. The van der Waals surface area contributed by atoms with E-state index in [0.29, 0.717) is 10.5 Å². The monoisotopic (exact) mass is 358 g/mol. The molecule has 0 saturated carbocycles. The summed E-state index contributed by atoms with van der Waals surface area (Å²) in [5, 5.41) is 11.9. The number of nitrogens with one attached hydrogen (secondary N) is 1. The van der Waals surface area contributed by atoms with E-state index in [1.54, 1.807) is 0 Å². The van der Waals surface area contributed by atoms with Crippen molar-refractivity contribution in [1.29, 1.82) is 0 Å². The number of para-hydroxylation sites is 1. The van der Waals surface area contributed by atoms with Crippen LogP contribution in [0.15, 0.2) is 30.3 Å². The molecule has 4 rings (SSSR count). The second-order valence-corrected chi connectivity index (χ2v) is 6.59.